The Morgan fingerprint density at radius 3 is 2.58 bits per heavy atom. The Hall–Kier alpha value is -1.49. The number of nitrogens with two attached hydrogens (primary N) is 1. The van der Waals surface area contributed by atoms with Crippen molar-refractivity contribution in [3.05, 3.63) is 29.6 Å². The molecule has 2 rings (SSSR count). The number of nitrogens with zero attached hydrogens (tertiary/aromatic N) is 1. The van der Waals surface area contributed by atoms with Crippen molar-refractivity contribution in [1.82, 2.24) is 9.97 Å². The summed E-state index contributed by atoms with van der Waals surface area (Å²) < 4.78 is 26.2. The summed E-state index contributed by atoms with van der Waals surface area (Å²) in [6.45, 7) is 4.03. The van der Waals surface area contributed by atoms with Crippen molar-refractivity contribution in [2.24, 2.45) is 5.73 Å². The number of hydrogen-bond acceptors (Lipinski definition) is 2. The Labute approximate surface area is 111 Å². The molecule has 2 unspecified atom stereocenters. The van der Waals surface area contributed by atoms with Gasteiger partial charge in [0.15, 0.2) is 11.6 Å². The molecule has 0 bridgehead atoms. The van der Waals surface area contributed by atoms with Crippen LogP contribution in [0, 0.1) is 11.6 Å². The van der Waals surface area contributed by atoms with Crippen molar-refractivity contribution in [2.45, 2.75) is 45.1 Å². The van der Waals surface area contributed by atoms with Crippen LogP contribution in [0.15, 0.2) is 12.1 Å². The minimum absolute atomic E-state index is 0.200. The number of rotatable bonds is 5. The van der Waals surface area contributed by atoms with Crippen LogP contribution in [-0.2, 0) is 0 Å². The molecular weight excluding hydrogens is 248 g/mol. The van der Waals surface area contributed by atoms with Gasteiger partial charge in [-0.2, -0.15) is 0 Å². The molecule has 1 aromatic heterocycles. The molecule has 1 aromatic carbocycles. The van der Waals surface area contributed by atoms with Gasteiger partial charge in [0, 0.05) is 24.1 Å². The number of H-pyrrole nitrogens is 1. The van der Waals surface area contributed by atoms with Crippen LogP contribution in [0.1, 0.15) is 44.9 Å². The molecule has 1 heterocycles. The molecule has 5 heteroatoms. The second-order valence-corrected chi connectivity index (χ2v) is 5.21. The number of hydrogen-bond donors (Lipinski definition) is 2. The Morgan fingerprint density at radius 2 is 1.89 bits per heavy atom. The van der Waals surface area contributed by atoms with E-state index in [1.807, 2.05) is 13.8 Å². The lowest BCUT2D eigenvalue weighted by molar-refractivity contribution is 0.510. The van der Waals surface area contributed by atoms with Gasteiger partial charge in [-0.25, -0.2) is 13.8 Å². The lowest BCUT2D eigenvalue weighted by Crippen LogP contribution is -2.14. The van der Waals surface area contributed by atoms with Gasteiger partial charge >= 0.3 is 0 Å². The van der Waals surface area contributed by atoms with Gasteiger partial charge in [-0.15, -0.1) is 0 Å². The van der Waals surface area contributed by atoms with Gasteiger partial charge in [-0.1, -0.05) is 13.3 Å². The molecule has 3 N–H and O–H groups in total. The molecule has 0 fully saturated rings. The summed E-state index contributed by atoms with van der Waals surface area (Å²) in [7, 11) is 0. The molecule has 19 heavy (non-hydrogen) atoms. The number of benzene rings is 1. The molecule has 0 aliphatic carbocycles. The summed E-state index contributed by atoms with van der Waals surface area (Å²) in [5, 5.41) is 0. The van der Waals surface area contributed by atoms with Crippen LogP contribution >= 0.6 is 0 Å². The molecule has 2 aromatic rings. The van der Waals surface area contributed by atoms with Crippen molar-refractivity contribution in [3.63, 3.8) is 0 Å². The maximum Gasteiger partial charge on any atom is 0.161 e. The minimum Gasteiger partial charge on any atom is -0.342 e. The highest BCUT2D eigenvalue weighted by molar-refractivity contribution is 5.75. The molecule has 0 aliphatic heterocycles. The summed E-state index contributed by atoms with van der Waals surface area (Å²) in [5.41, 5.74) is 6.71. The number of fused-ring (bicyclic) bond motifs is 1. The molecule has 2 atom stereocenters. The fourth-order valence-electron chi connectivity index (χ4n) is 2.14. The number of nitrogens with one attached hydrogen (secondary N) is 1. The van der Waals surface area contributed by atoms with E-state index in [-0.39, 0.29) is 12.0 Å². The number of aromatic amines is 1. The fourth-order valence-corrected chi connectivity index (χ4v) is 2.14. The first-order valence-corrected chi connectivity index (χ1v) is 6.57. The van der Waals surface area contributed by atoms with E-state index >= 15 is 0 Å². The largest absolute Gasteiger partial charge is 0.342 e. The summed E-state index contributed by atoms with van der Waals surface area (Å²) >= 11 is 0. The fraction of sp³-hybridized carbons (Fsp3) is 0.500. The predicted octanol–water partition coefficient (Wildman–Crippen LogP) is 3.46. The highest BCUT2D eigenvalue weighted by atomic mass is 19.2. The van der Waals surface area contributed by atoms with E-state index in [1.54, 1.807) is 0 Å². The van der Waals surface area contributed by atoms with Gasteiger partial charge in [0.2, 0.25) is 0 Å². The van der Waals surface area contributed by atoms with Crippen LogP contribution < -0.4 is 5.73 Å². The smallest absolute Gasteiger partial charge is 0.161 e. The van der Waals surface area contributed by atoms with Gasteiger partial charge in [0.1, 0.15) is 5.82 Å². The van der Waals surface area contributed by atoms with Crippen LogP contribution in [0.2, 0.25) is 0 Å². The molecule has 0 saturated heterocycles. The number of imidazole rings is 1. The van der Waals surface area contributed by atoms with E-state index in [0.29, 0.717) is 11.0 Å². The zero-order chi connectivity index (χ0) is 14.0. The zero-order valence-electron chi connectivity index (χ0n) is 11.2. The van der Waals surface area contributed by atoms with Gasteiger partial charge in [-0.05, 0) is 19.8 Å². The molecule has 0 spiro atoms. The maximum absolute atomic E-state index is 13.1. The van der Waals surface area contributed by atoms with E-state index in [1.165, 1.54) is 0 Å². The lowest BCUT2D eigenvalue weighted by Gasteiger charge is -2.09. The number of aromatic nitrogens is 2. The maximum atomic E-state index is 13.1. The summed E-state index contributed by atoms with van der Waals surface area (Å²) in [6, 6.07) is 2.47. The van der Waals surface area contributed by atoms with Crippen molar-refractivity contribution >= 4 is 11.0 Å². The van der Waals surface area contributed by atoms with E-state index in [2.05, 4.69) is 9.97 Å². The van der Waals surface area contributed by atoms with E-state index in [0.717, 1.165) is 37.2 Å². The number of halogens is 2. The summed E-state index contributed by atoms with van der Waals surface area (Å²) in [4.78, 5) is 7.37. The van der Waals surface area contributed by atoms with Crippen molar-refractivity contribution in [2.75, 3.05) is 0 Å². The van der Waals surface area contributed by atoms with Crippen LogP contribution in [0.4, 0.5) is 8.78 Å². The third-order valence-corrected chi connectivity index (χ3v) is 3.31. The van der Waals surface area contributed by atoms with E-state index in [9.17, 15) is 8.78 Å². The van der Waals surface area contributed by atoms with Gasteiger partial charge in [0.25, 0.3) is 0 Å². The third-order valence-electron chi connectivity index (χ3n) is 3.31. The molecule has 0 amide bonds. The Balaban J connectivity index is 2.12. The molecule has 104 valence electrons. The molecule has 3 nitrogen and oxygen atoms in total. The van der Waals surface area contributed by atoms with Gasteiger partial charge < -0.3 is 10.7 Å². The molecule has 0 radical (unpaired) electrons. The van der Waals surface area contributed by atoms with Crippen molar-refractivity contribution in [3.8, 4) is 0 Å². The zero-order valence-corrected chi connectivity index (χ0v) is 11.2. The second-order valence-electron chi connectivity index (χ2n) is 5.21. The molecular formula is C14H19F2N3. The topological polar surface area (TPSA) is 54.7 Å². The average Bonchev–Trinajstić information content (AvgIpc) is 2.72. The van der Waals surface area contributed by atoms with Crippen LogP contribution in [-0.4, -0.2) is 16.0 Å². The second kappa shape index (κ2) is 5.65. The molecule has 0 aliphatic rings. The van der Waals surface area contributed by atoms with Crippen LogP contribution in [0.3, 0.4) is 0 Å². The monoisotopic (exact) mass is 267 g/mol. The first-order chi connectivity index (χ1) is 8.97. The Bertz CT molecular complexity index is 524. The standard InChI is InChI=1S/C14H19F2N3/c1-8(4-3-5-9(2)17)14-18-12-6-10(15)11(16)7-13(12)19-14/h6-9H,3-5,17H2,1-2H3,(H,18,19). The molecule has 0 saturated carbocycles. The quantitative estimate of drug-likeness (QED) is 0.871. The van der Waals surface area contributed by atoms with Crippen molar-refractivity contribution < 1.29 is 8.78 Å². The summed E-state index contributed by atoms with van der Waals surface area (Å²) in [5.74, 6) is -0.732. The SMILES string of the molecule is CC(N)CCCC(C)c1nc2cc(F)c(F)cc2[nH]1. The van der Waals surface area contributed by atoms with Crippen LogP contribution in [0.5, 0.6) is 0 Å². The summed E-state index contributed by atoms with van der Waals surface area (Å²) in [6.07, 6.45) is 2.93. The lowest BCUT2D eigenvalue weighted by atomic mass is 10.0. The highest BCUT2D eigenvalue weighted by Gasteiger charge is 2.13. The van der Waals surface area contributed by atoms with Gasteiger partial charge in [-0.3, -0.25) is 0 Å². The Morgan fingerprint density at radius 1 is 1.21 bits per heavy atom. The van der Waals surface area contributed by atoms with Gasteiger partial charge in [0.05, 0.1) is 11.0 Å². The van der Waals surface area contributed by atoms with E-state index in [4.69, 9.17) is 5.73 Å². The first-order valence-electron chi connectivity index (χ1n) is 6.57. The predicted molar refractivity (Wildman–Crippen MR) is 71.9 cm³/mol. The van der Waals surface area contributed by atoms with Crippen molar-refractivity contribution in [1.29, 1.82) is 0 Å². The van der Waals surface area contributed by atoms with E-state index < -0.39 is 11.6 Å². The minimum atomic E-state index is -0.866. The van der Waals surface area contributed by atoms with Crippen LogP contribution in [0.25, 0.3) is 11.0 Å². The highest BCUT2D eigenvalue weighted by Crippen LogP contribution is 2.23. The average molecular weight is 267 g/mol. The normalized spacial score (nSPS) is 14.8. The third kappa shape index (κ3) is 3.29. The Kier molecular flexibility index (Phi) is 4.14. The first kappa shape index (κ1) is 13.9.